The fourth-order valence-corrected chi connectivity index (χ4v) is 3.43. The molecule has 0 fully saturated rings. The molecule has 0 radical (unpaired) electrons. The number of nitrogens with one attached hydrogen (secondary N) is 2. The normalized spacial score (nSPS) is 18.8. The Labute approximate surface area is 117 Å². The minimum absolute atomic E-state index is 0.413. The van der Waals surface area contributed by atoms with Crippen molar-refractivity contribution >= 4 is 11.3 Å². The highest BCUT2D eigenvalue weighted by Crippen LogP contribution is 2.28. The van der Waals surface area contributed by atoms with E-state index in [-0.39, 0.29) is 0 Å². The summed E-state index contributed by atoms with van der Waals surface area (Å²) >= 11 is 1.81. The van der Waals surface area contributed by atoms with E-state index in [1.165, 1.54) is 34.0 Å². The summed E-state index contributed by atoms with van der Waals surface area (Å²) < 4.78 is 0. The number of fused-ring (bicyclic) bond motifs is 1. The van der Waals surface area contributed by atoms with Gasteiger partial charge in [-0.3, -0.25) is 5.10 Å². The van der Waals surface area contributed by atoms with Crippen LogP contribution in [0.3, 0.4) is 0 Å². The molecule has 102 valence electrons. The predicted molar refractivity (Wildman–Crippen MR) is 77.3 cm³/mol. The van der Waals surface area contributed by atoms with Crippen molar-refractivity contribution in [1.29, 1.82) is 0 Å². The van der Waals surface area contributed by atoms with Gasteiger partial charge in [-0.15, -0.1) is 11.3 Å². The first-order valence-corrected chi connectivity index (χ1v) is 7.76. The molecule has 0 bridgehead atoms. The second kappa shape index (κ2) is 5.43. The molecule has 2 N–H and O–H groups in total. The number of nitrogens with zero attached hydrogens (tertiary/aromatic N) is 2. The number of H-pyrrole nitrogens is 1. The fraction of sp³-hybridized carbons (Fsp3) is 0.571. The Kier molecular flexibility index (Phi) is 3.66. The average molecular weight is 276 g/mol. The molecule has 19 heavy (non-hydrogen) atoms. The van der Waals surface area contributed by atoms with Gasteiger partial charge in [-0.25, -0.2) is 4.98 Å². The van der Waals surface area contributed by atoms with Gasteiger partial charge in [-0.1, -0.05) is 13.8 Å². The molecule has 3 rings (SSSR count). The molecule has 1 atom stereocenters. The van der Waals surface area contributed by atoms with Gasteiger partial charge in [0.25, 0.3) is 0 Å². The first kappa shape index (κ1) is 12.8. The van der Waals surface area contributed by atoms with Crippen molar-refractivity contribution in [2.24, 2.45) is 0 Å². The summed E-state index contributed by atoms with van der Waals surface area (Å²) in [6, 6.07) is 0.413. The van der Waals surface area contributed by atoms with Crippen molar-refractivity contribution in [2.75, 3.05) is 0 Å². The molecule has 5 heteroatoms. The van der Waals surface area contributed by atoms with Crippen molar-refractivity contribution in [3.05, 3.63) is 33.5 Å². The monoisotopic (exact) mass is 276 g/mol. The minimum atomic E-state index is 0.413. The summed E-state index contributed by atoms with van der Waals surface area (Å²) in [6.45, 7) is 5.27. The molecule has 0 spiro atoms. The molecular weight excluding hydrogens is 256 g/mol. The second-order valence-corrected chi connectivity index (χ2v) is 6.60. The lowest BCUT2D eigenvalue weighted by Crippen LogP contribution is -2.24. The third kappa shape index (κ3) is 2.72. The number of thiazole rings is 1. The van der Waals surface area contributed by atoms with Crippen molar-refractivity contribution in [3.63, 3.8) is 0 Å². The lowest BCUT2D eigenvalue weighted by Gasteiger charge is -2.22. The van der Waals surface area contributed by atoms with E-state index in [4.69, 9.17) is 0 Å². The van der Waals surface area contributed by atoms with Gasteiger partial charge < -0.3 is 5.32 Å². The first-order chi connectivity index (χ1) is 9.24. The van der Waals surface area contributed by atoms with Crippen LogP contribution in [0.15, 0.2) is 12.4 Å². The Bertz CT molecular complexity index is 543. The maximum atomic E-state index is 4.47. The summed E-state index contributed by atoms with van der Waals surface area (Å²) in [6.07, 6.45) is 7.55. The standard InChI is InChI=1S/C14H20N4S/c1-9(2)14-16-8-11(19-14)7-15-12-5-3-4-10-6-17-18-13(10)12/h6,8-9,12,15H,3-5,7H2,1-2H3,(H,17,18). The average Bonchev–Trinajstić information content (AvgIpc) is 3.05. The van der Waals surface area contributed by atoms with Gasteiger partial charge >= 0.3 is 0 Å². The molecule has 0 aromatic carbocycles. The lowest BCUT2D eigenvalue weighted by atomic mass is 9.94. The number of aryl methyl sites for hydroxylation is 1. The molecule has 0 saturated carbocycles. The van der Waals surface area contributed by atoms with Gasteiger partial charge in [0.2, 0.25) is 0 Å². The molecule has 0 saturated heterocycles. The highest BCUT2D eigenvalue weighted by atomic mass is 32.1. The van der Waals surface area contributed by atoms with Crippen LogP contribution < -0.4 is 5.32 Å². The van der Waals surface area contributed by atoms with Crippen LogP contribution in [0.4, 0.5) is 0 Å². The Balaban J connectivity index is 1.64. The van der Waals surface area contributed by atoms with Gasteiger partial charge in [0.05, 0.1) is 16.9 Å². The van der Waals surface area contributed by atoms with Crippen LogP contribution in [-0.4, -0.2) is 15.2 Å². The van der Waals surface area contributed by atoms with Crippen molar-refractivity contribution in [3.8, 4) is 0 Å². The predicted octanol–water partition coefficient (Wildman–Crippen LogP) is 3.16. The summed E-state index contributed by atoms with van der Waals surface area (Å²) in [5, 5.41) is 12.2. The number of rotatable bonds is 4. The van der Waals surface area contributed by atoms with Crippen LogP contribution >= 0.6 is 11.3 Å². The van der Waals surface area contributed by atoms with Crippen LogP contribution in [0.1, 0.15) is 59.8 Å². The van der Waals surface area contributed by atoms with Crippen LogP contribution in [0.25, 0.3) is 0 Å². The van der Waals surface area contributed by atoms with E-state index in [2.05, 4.69) is 34.3 Å². The van der Waals surface area contributed by atoms with E-state index in [1.807, 2.05) is 23.7 Å². The highest BCUT2D eigenvalue weighted by molar-refractivity contribution is 7.11. The van der Waals surface area contributed by atoms with Crippen LogP contribution in [0.5, 0.6) is 0 Å². The highest BCUT2D eigenvalue weighted by Gasteiger charge is 2.21. The quantitative estimate of drug-likeness (QED) is 0.902. The maximum Gasteiger partial charge on any atom is 0.0953 e. The molecule has 1 unspecified atom stereocenters. The molecule has 0 amide bonds. The largest absolute Gasteiger partial charge is 0.304 e. The molecule has 1 aliphatic carbocycles. The zero-order chi connectivity index (χ0) is 13.2. The zero-order valence-corrected chi connectivity index (χ0v) is 12.3. The van der Waals surface area contributed by atoms with Crippen LogP contribution in [0.2, 0.25) is 0 Å². The van der Waals surface area contributed by atoms with Crippen molar-refractivity contribution in [2.45, 2.75) is 51.6 Å². The molecule has 4 nitrogen and oxygen atoms in total. The summed E-state index contributed by atoms with van der Waals surface area (Å²) in [5.74, 6) is 0.521. The number of hydrogen-bond donors (Lipinski definition) is 2. The van der Waals surface area contributed by atoms with Crippen LogP contribution in [-0.2, 0) is 13.0 Å². The molecular formula is C14H20N4S. The Morgan fingerprint density at radius 3 is 3.16 bits per heavy atom. The third-order valence-corrected chi connectivity index (χ3v) is 4.92. The topological polar surface area (TPSA) is 53.6 Å². The second-order valence-electron chi connectivity index (χ2n) is 5.45. The zero-order valence-electron chi connectivity index (χ0n) is 11.4. The van der Waals surface area contributed by atoms with Gasteiger partial charge in [-0.2, -0.15) is 5.10 Å². The van der Waals surface area contributed by atoms with Gasteiger partial charge in [0.1, 0.15) is 0 Å². The molecule has 2 aromatic heterocycles. The van der Waals surface area contributed by atoms with Crippen molar-refractivity contribution < 1.29 is 0 Å². The summed E-state index contributed by atoms with van der Waals surface area (Å²) in [7, 11) is 0. The smallest absolute Gasteiger partial charge is 0.0953 e. The van der Waals surface area contributed by atoms with E-state index < -0.39 is 0 Å². The summed E-state index contributed by atoms with van der Waals surface area (Å²) in [5.41, 5.74) is 2.65. The van der Waals surface area contributed by atoms with E-state index in [0.29, 0.717) is 12.0 Å². The Morgan fingerprint density at radius 1 is 1.47 bits per heavy atom. The molecule has 1 aliphatic rings. The molecule has 2 aromatic rings. The van der Waals surface area contributed by atoms with E-state index in [9.17, 15) is 0 Å². The van der Waals surface area contributed by atoms with Gasteiger partial charge in [0, 0.05) is 29.6 Å². The lowest BCUT2D eigenvalue weighted by molar-refractivity contribution is 0.451. The van der Waals surface area contributed by atoms with E-state index >= 15 is 0 Å². The van der Waals surface area contributed by atoms with Gasteiger partial charge in [0.15, 0.2) is 0 Å². The minimum Gasteiger partial charge on any atom is -0.304 e. The van der Waals surface area contributed by atoms with Gasteiger partial charge in [-0.05, 0) is 24.8 Å². The first-order valence-electron chi connectivity index (χ1n) is 6.94. The third-order valence-electron chi connectivity index (χ3n) is 3.63. The SMILES string of the molecule is CC(C)c1ncc(CNC2CCCc3cn[nH]c32)s1. The summed E-state index contributed by atoms with van der Waals surface area (Å²) in [4.78, 5) is 5.79. The number of aromatic nitrogens is 3. The Hall–Kier alpha value is -1.20. The van der Waals surface area contributed by atoms with E-state index in [1.54, 1.807) is 0 Å². The maximum absolute atomic E-state index is 4.47. The van der Waals surface area contributed by atoms with Crippen LogP contribution in [0, 0.1) is 0 Å². The Morgan fingerprint density at radius 2 is 2.37 bits per heavy atom. The fourth-order valence-electron chi connectivity index (χ4n) is 2.56. The van der Waals surface area contributed by atoms with E-state index in [0.717, 1.165) is 13.0 Å². The molecule has 0 aliphatic heterocycles. The number of aromatic amines is 1. The van der Waals surface area contributed by atoms with Crippen molar-refractivity contribution in [1.82, 2.24) is 20.5 Å². The number of hydrogen-bond acceptors (Lipinski definition) is 4. The molecule has 2 heterocycles.